The molecule has 2 atom stereocenters. The number of anilines is 2. The summed E-state index contributed by atoms with van der Waals surface area (Å²) < 4.78 is 31.7. The second kappa shape index (κ2) is 22.4. The summed E-state index contributed by atoms with van der Waals surface area (Å²) in [5, 5.41) is 28.2. The molecule has 18 nitrogen and oxygen atoms in total. The van der Waals surface area contributed by atoms with Gasteiger partial charge in [0.1, 0.15) is 45.3 Å². The largest absolute Gasteiger partial charge is 0.491 e. The molecule has 0 unspecified atom stereocenters. The number of carbonyl (C=O) groups is 2. The summed E-state index contributed by atoms with van der Waals surface area (Å²) >= 11 is 13.5. The molecular formula is C42H48BCl2F2IN14O4. The molecule has 0 radical (unpaired) electrons. The number of nitrogens with zero attached hydrogens (tertiary/aromatic N) is 12. The highest BCUT2D eigenvalue weighted by Gasteiger charge is 2.32. The molecule has 6 aromatic rings. The Morgan fingerprint density at radius 1 is 0.773 bits per heavy atom. The maximum atomic E-state index is 14.6. The molecule has 2 aliphatic heterocycles. The van der Waals surface area contributed by atoms with Gasteiger partial charge in [-0.3, -0.25) is 9.59 Å². The van der Waals surface area contributed by atoms with E-state index in [-0.39, 0.29) is 45.8 Å². The number of carbonyl (C=O) groups excluding carboxylic acids is 2. The second-order valence-electron chi connectivity index (χ2n) is 15.9. The molecule has 2 saturated heterocycles. The van der Waals surface area contributed by atoms with Crippen LogP contribution >= 0.6 is 45.8 Å². The van der Waals surface area contributed by atoms with Gasteiger partial charge in [-0.25, -0.2) is 38.1 Å². The Bertz CT molecular complexity index is 2760. The normalized spacial score (nSPS) is 16.2. The van der Waals surface area contributed by atoms with E-state index in [2.05, 4.69) is 52.7 Å². The van der Waals surface area contributed by atoms with Crippen molar-refractivity contribution in [2.75, 3.05) is 78.9 Å². The van der Waals surface area contributed by atoms with E-state index in [0.29, 0.717) is 66.7 Å². The molecule has 24 heteroatoms. The maximum Gasteiger partial charge on any atom is 0.491 e. The zero-order chi connectivity index (χ0) is 47.8. The number of halogens is 5. The van der Waals surface area contributed by atoms with Crippen molar-refractivity contribution in [2.45, 2.75) is 24.9 Å². The average Bonchev–Trinajstić information content (AvgIpc) is 4.07. The molecule has 348 valence electrons. The van der Waals surface area contributed by atoms with Gasteiger partial charge in [-0.1, -0.05) is 41.4 Å². The SMILES string of the molecule is CN(C)C/C=C/C(=O)N1CC[C@@H](n2nc(-c3ccc(Cl)cc3F)c3c(N)ncnc32)C1.CN(C)C/C=C/C(=O)N1CC[C@@H](n2nc(I)c3c(N)ncnc32)C1.OB(O)c1ccc(Cl)cc1F. The first-order valence-corrected chi connectivity index (χ1v) is 22.4. The number of hydrogen-bond acceptors (Lipinski definition) is 14. The number of nitrogens with two attached hydrogens (primary N) is 2. The monoisotopic (exact) mass is 1060 g/mol. The summed E-state index contributed by atoms with van der Waals surface area (Å²) in [5.41, 5.74) is 13.7. The highest BCUT2D eigenvalue weighted by molar-refractivity contribution is 14.1. The van der Waals surface area contributed by atoms with Gasteiger partial charge in [-0.15, -0.1) is 0 Å². The van der Waals surface area contributed by atoms with E-state index in [1.54, 1.807) is 33.9 Å². The standard InChI is InChI=1S/C21H23ClFN7O.C15H20IN7O.C6H5BClFO2/c1-28(2)8-3-4-17(31)29-9-7-14(11-29)30-21-18(20(24)25-12-26-21)19(27-30)15-6-5-13(22)10-16(15)23;1-21(2)6-3-4-11(24)22-7-5-10(8-22)23-15-12(13(16)20-23)14(17)18-9-19-15;8-4-1-2-5(7(10)11)6(9)3-4/h3-6,10,12,14H,7-9,11H2,1-2H3,(H2,24,25,26);3-4,9-10H,5-8H2,1-2H3,(H2,17,18,19);1-3,10-11H/b2*4-3+;/t14-;10-;/m11./s1. The fourth-order valence-electron chi connectivity index (χ4n) is 7.26. The third kappa shape index (κ3) is 12.1. The lowest BCUT2D eigenvalue weighted by Gasteiger charge is -2.15. The summed E-state index contributed by atoms with van der Waals surface area (Å²) in [7, 11) is 6.04. The Hall–Kier alpha value is -5.37. The van der Waals surface area contributed by atoms with Crippen LogP contribution in [-0.4, -0.2) is 156 Å². The number of fused-ring (bicyclic) bond motifs is 2. The Morgan fingerprint density at radius 2 is 1.26 bits per heavy atom. The lowest BCUT2D eigenvalue weighted by atomic mass is 9.80. The van der Waals surface area contributed by atoms with Crippen LogP contribution in [0, 0.1) is 15.3 Å². The van der Waals surface area contributed by atoms with Gasteiger partial charge in [-0.05, 0) is 94.0 Å². The average molecular weight is 1060 g/mol. The van der Waals surface area contributed by atoms with Crippen LogP contribution in [0.15, 0.2) is 73.4 Å². The van der Waals surface area contributed by atoms with Gasteiger partial charge >= 0.3 is 7.12 Å². The van der Waals surface area contributed by atoms with Crippen molar-refractivity contribution in [3.05, 3.63) is 98.7 Å². The van der Waals surface area contributed by atoms with Gasteiger partial charge in [0.05, 0.1) is 22.9 Å². The van der Waals surface area contributed by atoms with Gasteiger partial charge < -0.3 is 41.1 Å². The third-order valence-corrected chi connectivity index (χ3v) is 11.7. The lowest BCUT2D eigenvalue weighted by molar-refractivity contribution is -0.125. The van der Waals surface area contributed by atoms with Crippen molar-refractivity contribution in [3.8, 4) is 11.3 Å². The van der Waals surface area contributed by atoms with Crippen molar-refractivity contribution in [1.29, 1.82) is 0 Å². The van der Waals surface area contributed by atoms with Gasteiger partial charge in [0.25, 0.3) is 0 Å². The second-order valence-corrected chi connectivity index (χ2v) is 17.8. The van der Waals surface area contributed by atoms with Gasteiger partial charge in [-0.2, -0.15) is 10.2 Å². The molecule has 6 heterocycles. The van der Waals surface area contributed by atoms with Crippen molar-refractivity contribution >= 4 is 104 Å². The number of aromatic nitrogens is 8. The van der Waals surface area contributed by atoms with Crippen LogP contribution in [-0.2, 0) is 9.59 Å². The number of hydrogen-bond donors (Lipinski definition) is 4. The first-order chi connectivity index (χ1) is 31.4. The first-order valence-electron chi connectivity index (χ1n) is 20.5. The van der Waals surface area contributed by atoms with E-state index in [4.69, 9.17) is 44.7 Å². The number of likely N-dealkylation sites (tertiary alicyclic amines) is 2. The van der Waals surface area contributed by atoms with Crippen LogP contribution in [0.2, 0.25) is 10.0 Å². The smallest absolute Gasteiger partial charge is 0.423 e. The predicted molar refractivity (Wildman–Crippen MR) is 260 cm³/mol. The third-order valence-electron chi connectivity index (χ3n) is 10.5. The van der Waals surface area contributed by atoms with Crippen molar-refractivity contribution in [2.24, 2.45) is 0 Å². The van der Waals surface area contributed by atoms with Crippen LogP contribution in [0.4, 0.5) is 20.4 Å². The quantitative estimate of drug-likeness (QED) is 0.0870. The fourth-order valence-corrected chi connectivity index (χ4v) is 8.33. The zero-order valence-corrected chi connectivity index (χ0v) is 40.1. The van der Waals surface area contributed by atoms with Crippen LogP contribution in [0.3, 0.4) is 0 Å². The molecule has 0 bridgehead atoms. The Labute approximate surface area is 403 Å². The molecule has 2 aliphatic rings. The summed E-state index contributed by atoms with van der Waals surface area (Å²) in [5.74, 6) is -0.561. The van der Waals surface area contributed by atoms with E-state index in [0.717, 1.165) is 33.8 Å². The lowest BCUT2D eigenvalue weighted by Crippen LogP contribution is -2.32. The molecule has 6 N–H and O–H groups in total. The number of likely N-dealkylation sites (N-methyl/N-ethyl adjacent to an activating group) is 2. The van der Waals surface area contributed by atoms with E-state index in [9.17, 15) is 18.4 Å². The van der Waals surface area contributed by atoms with Crippen molar-refractivity contribution < 1.29 is 28.4 Å². The van der Waals surface area contributed by atoms with Gasteiger partial charge in [0.2, 0.25) is 11.8 Å². The molecular weight excluding hydrogens is 1010 g/mol. The minimum atomic E-state index is -1.78. The van der Waals surface area contributed by atoms with Crippen molar-refractivity contribution in [1.82, 2.24) is 59.1 Å². The Morgan fingerprint density at radius 3 is 1.76 bits per heavy atom. The summed E-state index contributed by atoms with van der Waals surface area (Å²) in [6.07, 6.45) is 11.3. The number of amides is 2. The van der Waals surface area contributed by atoms with Gasteiger partial charge in [0.15, 0.2) is 11.3 Å². The Kier molecular flexibility index (Phi) is 17.0. The topological polar surface area (TPSA) is 227 Å². The molecule has 2 aromatic carbocycles. The molecule has 0 spiro atoms. The molecule has 2 fully saturated rings. The van der Waals surface area contributed by atoms with E-state index in [1.807, 2.05) is 59.7 Å². The molecule has 0 aliphatic carbocycles. The number of rotatable bonds is 10. The van der Waals surface area contributed by atoms with E-state index < -0.39 is 18.8 Å². The maximum absolute atomic E-state index is 14.6. The summed E-state index contributed by atoms with van der Waals surface area (Å²) in [4.78, 5) is 49.2. The van der Waals surface area contributed by atoms with Crippen LogP contribution in [0.1, 0.15) is 24.9 Å². The number of nitrogen functional groups attached to an aromatic ring is 2. The summed E-state index contributed by atoms with van der Waals surface area (Å²) in [6.45, 7) is 3.87. The van der Waals surface area contributed by atoms with Gasteiger partial charge in [0, 0.05) is 72.5 Å². The fraction of sp³-hybridized carbons (Fsp3) is 0.333. The minimum absolute atomic E-state index is 0.0413. The minimum Gasteiger partial charge on any atom is -0.423 e. The van der Waals surface area contributed by atoms with E-state index >= 15 is 0 Å². The molecule has 8 rings (SSSR count). The molecule has 4 aromatic heterocycles. The van der Waals surface area contributed by atoms with Crippen molar-refractivity contribution in [3.63, 3.8) is 0 Å². The number of benzene rings is 2. The van der Waals surface area contributed by atoms with Crippen LogP contribution in [0.5, 0.6) is 0 Å². The highest BCUT2D eigenvalue weighted by Crippen LogP contribution is 2.36. The van der Waals surface area contributed by atoms with Crippen LogP contribution in [0.25, 0.3) is 33.3 Å². The molecule has 2 amide bonds. The first kappa shape index (κ1) is 50.1. The molecule has 0 saturated carbocycles. The predicted octanol–water partition coefficient (Wildman–Crippen LogP) is 3.82. The zero-order valence-electron chi connectivity index (χ0n) is 36.4. The van der Waals surface area contributed by atoms with E-state index in [1.165, 1.54) is 30.9 Å². The summed E-state index contributed by atoms with van der Waals surface area (Å²) in [6, 6.07) is 8.04. The molecule has 66 heavy (non-hydrogen) atoms. The highest BCUT2D eigenvalue weighted by atomic mass is 127. The Balaban J connectivity index is 0.000000182. The van der Waals surface area contributed by atoms with Crippen LogP contribution < -0.4 is 16.9 Å².